The van der Waals surface area contributed by atoms with Crippen LogP contribution in [-0.4, -0.2) is 42.4 Å². The molecular weight excluding hydrogens is 230 g/mol. The third kappa shape index (κ3) is 5.24. The summed E-state index contributed by atoms with van der Waals surface area (Å²) >= 11 is 0. The van der Waals surface area contributed by atoms with Gasteiger partial charge in [-0.2, -0.15) is 0 Å². The summed E-state index contributed by atoms with van der Waals surface area (Å²) in [7, 11) is -3.21. The van der Waals surface area contributed by atoms with Crippen molar-refractivity contribution in [3.63, 3.8) is 0 Å². The number of imidazole rings is 1. The van der Waals surface area contributed by atoms with Crippen molar-refractivity contribution in [1.82, 2.24) is 14.7 Å². The SMILES string of the molecule is O=S(=O)(CCCCO)NCCc1ncc[nH]1. The smallest absolute Gasteiger partial charge is 0.211 e. The van der Waals surface area contributed by atoms with Crippen LogP contribution in [-0.2, 0) is 16.4 Å². The molecule has 1 rings (SSSR count). The predicted octanol–water partition coefficient (Wildman–Crippen LogP) is -0.356. The van der Waals surface area contributed by atoms with E-state index in [4.69, 9.17) is 5.11 Å². The molecule has 3 N–H and O–H groups in total. The Morgan fingerprint density at radius 1 is 1.44 bits per heavy atom. The maximum absolute atomic E-state index is 11.4. The van der Waals surface area contributed by atoms with E-state index in [0.29, 0.717) is 25.8 Å². The van der Waals surface area contributed by atoms with Crippen molar-refractivity contribution in [2.24, 2.45) is 0 Å². The zero-order valence-electron chi connectivity index (χ0n) is 9.02. The van der Waals surface area contributed by atoms with E-state index in [9.17, 15) is 8.42 Å². The molecule has 0 bridgehead atoms. The topological polar surface area (TPSA) is 95.1 Å². The van der Waals surface area contributed by atoms with Gasteiger partial charge in [-0.3, -0.25) is 0 Å². The van der Waals surface area contributed by atoms with Gasteiger partial charge in [-0.25, -0.2) is 18.1 Å². The van der Waals surface area contributed by atoms with Crippen LogP contribution < -0.4 is 4.72 Å². The molecule has 0 radical (unpaired) electrons. The average Bonchev–Trinajstić information content (AvgIpc) is 2.70. The molecule has 0 atom stereocenters. The zero-order valence-corrected chi connectivity index (χ0v) is 9.83. The summed E-state index contributed by atoms with van der Waals surface area (Å²) in [6.45, 7) is 0.372. The number of aromatic nitrogens is 2. The van der Waals surface area contributed by atoms with Gasteiger partial charge in [0.25, 0.3) is 0 Å². The monoisotopic (exact) mass is 247 g/mol. The second-order valence-electron chi connectivity index (χ2n) is 3.43. The van der Waals surface area contributed by atoms with E-state index in [2.05, 4.69) is 14.7 Å². The molecule has 0 amide bonds. The number of unbranched alkanes of at least 4 members (excludes halogenated alkanes) is 1. The highest BCUT2D eigenvalue weighted by atomic mass is 32.2. The van der Waals surface area contributed by atoms with Gasteiger partial charge >= 0.3 is 0 Å². The van der Waals surface area contributed by atoms with Gasteiger partial charge in [-0.1, -0.05) is 0 Å². The molecule has 0 saturated heterocycles. The molecule has 1 aromatic rings. The molecule has 0 aliphatic heterocycles. The van der Waals surface area contributed by atoms with Crippen LogP contribution in [0, 0.1) is 0 Å². The van der Waals surface area contributed by atoms with Crippen LogP contribution >= 0.6 is 0 Å². The normalized spacial score (nSPS) is 11.8. The molecule has 0 fully saturated rings. The van der Waals surface area contributed by atoms with Crippen LogP contribution in [0.25, 0.3) is 0 Å². The van der Waals surface area contributed by atoms with Crippen molar-refractivity contribution in [3.8, 4) is 0 Å². The van der Waals surface area contributed by atoms with Crippen LogP contribution in [0.4, 0.5) is 0 Å². The average molecular weight is 247 g/mol. The molecular formula is C9H17N3O3S. The number of H-pyrrole nitrogens is 1. The molecule has 6 nitrogen and oxygen atoms in total. The first kappa shape index (κ1) is 13.1. The van der Waals surface area contributed by atoms with Gasteiger partial charge in [-0.15, -0.1) is 0 Å². The van der Waals surface area contributed by atoms with E-state index < -0.39 is 10.0 Å². The van der Waals surface area contributed by atoms with E-state index >= 15 is 0 Å². The molecule has 0 aromatic carbocycles. The van der Waals surface area contributed by atoms with E-state index in [1.165, 1.54) is 0 Å². The van der Waals surface area contributed by atoms with Gasteiger partial charge in [0.1, 0.15) is 5.82 Å². The Hall–Kier alpha value is -0.920. The lowest BCUT2D eigenvalue weighted by Crippen LogP contribution is -2.28. The minimum atomic E-state index is -3.21. The van der Waals surface area contributed by atoms with Gasteiger partial charge in [0.15, 0.2) is 0 Å². The zero-order chi connectivity index (χ0) is 11.9. The second kappa shape index (κ2) is 6.62. The van der Waals surface area contributed by atoms with Gasteiger partial charge in [0, 0.05) is 32.0 Å². The predicted molar refractivity (Wildman–Crippen MR) is 60.4 cm³/mol. The fourth-order valence-electron chi connectivity index (χ4n) is 1.24. The molecule has 1 aromatic heterocycles. The van der Waals surface area contributed by atoms with Crippen molar-refractivity contribution < 1.29 is 13.5 Å². The van der Waals surface area contributed by atoms with Gasteiger partial charge in [0.2, 0.25) is 10.0 Å². The summed E-state index contributed by atoms with van der Waals surface area (Å²) in [5.74, 6) is 0.823. The van der Waals surface area contributed by atoms with Crippen LogP contribution in [0.5, 0.6) is 0 Å². The number of nitrogens with zero attached hydrogens (tertiary/aromatic N) is 1. The van der Waals surface area contributed by atoms with E-state index in [-0.39, 0.29) is 12.4 Å². The van der Waals surface area contributed by atoms with Crippen molar-refractivity contribution >= 4 is 10.0 Å². The highest BCUT2D eigenvalue weighted by Gasteiger charge is 2.08. The minimum Gasteiger partial charge on any atom is -0.396 e. The Balaban J connectivity index is 2.20. The molecule has 0 aliphatic rings. The molecule has 16 heavy (non-hydrogen) atoms. The molecule has 0 unspecified atom stereocenters. The van der Waals surface area contributed by atoms with Crippen molar-refractivity contribution in [3.05, 3.63) is 18.2 Å². The standard InChI is InChI=1S/C9H17N3O3S/c13-7-1-2-8-16(14,15)12-4-3-9-10-5-6-11-9/h5-6,12-13H,1-4,7-8H2,(H,10,11). The Morgan fingerprint density at radius 3 is 2.88 bits per heavy atom. The van der Waals surface area contributed by atoms with Gasteiger partial charge in [-0.05, 0) is 12.8 Å². The summed E-state index contributed by atoms with van der Waals surface area (Å²) < 4.78 is 25.3. The number of aromatic amines is 1. The number of nitrogens with one attached hydrogen (secondary N) is 2. The van der Waals surface area contributed by atoms with Crippen LogP contribution in [0.1, 0.15) is 18.7 Å². The van der Waals surface area contributed by atoms with E-state index in [1.807, 2.05) is 0 Å². The maximum atomic E-state index is 11.4. The largest absolute Gasteiger partial charge is 0.396 e. The van der Waals surface area contributed by atoms with Crippen molar-refractivity contribution in [1.29, 1.82) is 0 Å². The fourth-order valence-corrected chi connectivity index (χ4v) is 2.38. The van der Waals surface area contributed by atoms with Crippen LogP contribution in [0.15, 0.2) is 12.4 Å². The molecule has 92 valence electrons. The number of aliphatic hydroxyl groups excluding tert-OH is 1. The third-order valence-corrected chi connectivity index (χ3v) is 3.53. The third-order valence-electron chi connectivity index (χ3n) is 2.06. The number of sulfonamides is 1. The lowest BCUT2D eigenvalue weighted by Gasteiger charge is -2.04. The van der Waals surface area contributed by atoms with Crippen molar-refractivity contribution in [2.75, 3.05) is 18.9 Å². The summed E-state index contributed by atoms with van der Waals surface area (Å²) in [6, 6.07) is 0. The van der Waals surface area contributed by atoms with Crippen LogP contribution in [0.2, 0.25) is 0 Å². The Labute approximate surface area is 95.2 Å². The van der Waals surface area contributed by atoms with Crippen molar-refractivity contribution in [2.45, 2.75) is 19.3 Å². The first-order chi connectivity index (χ1) is 7.64. The highest BCUT2D eigenvalue weighted by Crippen LogP contribution is 1.95. The first-order valence-electron chi connectivity index (χ1n) is 5.20. The fraction of sp³-hybridized carbons (Fsp3) is 0.667. The summed E-state index contributed by atoms with van der Waals surface area (Å²) in [5.41, 5.74) is 0. The quantitative estimate of drug-likeness (QED) is 0.547. The van der Waals surface area contributed by atoms with Crippen LogP contribution in [0.3, 0.4) is 0 Å². The Morgan fingerprint density at radius 2 is 2.25 bits per heavy atom. The number of hydrogen-bond acceptors (Lipinski definition) is 4. The Kier molecular flexibility index (Phi) is 5.44. The molecule has 0 saturated carbocycles. The summed E-state index contributed by atoms with van der Waals surface area (Å²) in [4.78, 5) is 6.88. The van der Waals surface area contributed by atoms with E-state index in [1.54, 1.807) is 12.4 Å². The lowest BCUT2D eigenvalue weighted by molar-refractivity contribution is 0.287. The number of aliphatic hydroxyl groups is 1. The van der Waals surface area contributed by atoms with E-state index in [0.717, 1.165) is 5.82 Å². The highest BCUT2D eigenvalue weighted by molar-refractivity contribution is 7.89. The minimum absolute atomic E-state index is 0.0297. The second-order valence-corrected chi connectivity index (χ2v) is 5.36. The lowest BCUT2D eigenvalue weighted by atomic mass is 10.4. The maximum Gasteiger partial charge on any atom is 0.211 e. The molecule has 1 heterocycles. The number of rotatable bonds is 8. The number of hydrogen-bond donors (Lipinski definition) is 3. The molecule has 0 spiro atoms. The molecule has 0 aliphatic carbocycles. The summed E-state index contributed by atoms with van der Waals surface area (Å²) in [5, 5.41) is 8.54. The Bertz CT molecular complexity index is 375. The first-order valence-corrected chi connectivity index (χ1v) is 6.86. The van der Waals surface area contributed by atoms with Gasteiger partial charge in [0.05, 0.1) is 5.75 Å². The summed E-state index contributed by atoms with van der Waals surface area (Å²) in [6.07, 6.45) is 4.87. The molecule has 7 heteroatoms. The van der Waals surface area contributed by atoms with Gasteiger partial charge < -0.3 is 10.1 Å².